The van der Waals surface area contributed by atoms with Crippen molar-refractivity contribution in [2.75, 3.05) is 7.05 Å². The Labute approximate surface area is 102 Å². The highest BCUT2D eigenvalue weighted by molar-refractivity contribution is 7.10. The van der Waals surface area contributed by atoms with Crippen LogP contribution in [-0.4, -0.2) is 23.4 Å². The first-order valence-electron chi connectivity index (χ1n) is 5.43. The van der Waals surface area contributed by atoms with Crippen LogP contribution in [0.3, 0.4) is 0 Å². The lowest BCUT2D eigenvalue weighted by atomic mass is 10.1. The van der Waals surface area contributed by atoms with Gasteiger partial charge in [0, 0.05) is 11.9 Å². The minimum Gasteiger partial charge on any atom is -0.370 e. The first kappa shape index (κ1) is 13.0. The maximum absolute atomic E-state index is 5.99. The Balaban J connectivity index is 2.79. The highest BCUT2D eigenvalue weighted by atomic mass is 32.1. The molecular weight excluding hydrogens is 218 g/mol. The minimum absolute atomic E-state index is 0.131. The fraction of sp³-hybridized carbons (Fsp3) is 0.583. The van der Waals surface area contributed by atoms with Crippen molar-refractivity contribution in [3.8, 4) is 0 Å². The highest BCUT2D eigenvalue weighted by Crippen LogP contribution is 2.23. The SMILES string of the molecule is CC(c1cccs1)N(C)C(N)=NC(C)(C)C. The van der Waals surface area contributed by atoms with Crippen LogP contribution >= 0.6 is 11.3 Å². The summed E-state index contributed by atoms with van der Waals surface area (Å²) >= 11 is 1.74. The summed E-state index contributed by atoms with van der Waals surface area (Å²) in [6.45, 7) is 8.27. The van der Waals surface area contributed by atoms with Crippen molar-refractivity contribution in [2.24, 2.45) is 10.7 Å². The van der Waals surface area contributed by atoms with Gasteiger partial charge < -0.3 is 10.6 Å². The standard InChI is InChI=1S/C12H21N3S/c1-9(10-7-6-8-16-10)15(5)11(13)14-12(2,3)4/h6-9H,1-5H3,(H2,13,14). The van der Waals surface area contributed by atoms with Gasteiger partial charge in [-0.15, -0.1) is 11.3 Å². The molecule has 0 aliphatic heterocycles. The van der Waals surface area contributed by atoms with Gasteiger partial charge in [0.15, 0.2) is 5.96 Å². The number of thiophene rings is 1. The molecule has 0 aliphatic carbocycles. The van der Waals surface area contributed by atoms with Crippen LogP contribution in [0, 0.1) is 0 Å². The van der Waals surface area contributed by atoms with Crippen molar-refractivity contribution in [3.05, 3.63) is 22.4 Å². The highest BCUT2D eigenvalue weighted by Gasteiger charge is 2.16. The van der Waals surface area contributed by atoms with Gasteiger partial charge in [-0.2, -0.15) is 0 Å². The Bertz CT molecular complexity index is 349. The largest absolute Gasteiger partial charge is 0.370 e. The summed E-state index contributed by atoms with van der Waals surface area (Å²) in [5.41, 5.74) is 5.86. The predicted octanol–water partition coefficient (Wildman–Crippen LogP) is 2.85. The second-order valence-electron chi connectivity index (χ2n) is 4.94. The van der Waals surface area contributed by atoms with Gasteiger partial charge in [-0.25, -0.2) is 4.99 Å². The monoisotopic (exact) mass is 239 g/mol. The van der Waals surface area contributed by atoms with Crippen molar-refractivity contribution in [1.29, 1.82) is 0 Å². The average molecular weight is 239 g/mol. The zero-order valence-electron chi connectivity index (χ0n) is 10.7. The van der Waals surface area contributed by atoms with Crippen LogP contribution in [0.1, 0.15) is 38.6 Å². The summed E-state index contributed by atoms with van der Waals surface area (Å²) < 4.78 is 0. The van der Waals surface area contributed by atoms with Crippen molar-refractivity contribution in [3.63, 3.8) is 0 Å². The molecule has 0 aliphatic rings. The lowest BCUT2D eigenvalue weighted by Crippen LogP contribution is -2.37. The molecule has 4 heteroatoms. The van der Waals surface area contributed by atoms with E-state index in [0.29, 0.717) is 5.96 Å². The number of nitrogens with zero attached hydrogens (tertiary/aromatic N) is 2. The van der Waals surface area contributed by atoms with Gasteiger partial charge in [0.25, 0.3) is 0 Å². The fourth-order valence-corrected chi connectivity index (χ4v) is 2.17. The molecule has 16 heavy (non-hydrogen) atoms. The van der Waals surface area contributed by atoms with Crippen LogP contribution in [0.15, 0.2) is 22.5 Å². The number of rotatable bonds is 2. The van der Waals surface area contributed by atoms with E-state index in [9.17, 15) is 0 Å². The molecule has 3 nitrogen and oxygen atoms in total. The smallest absolute Gasteiger partial charge is 0.192 e. The third-order valence-corrected chi connectivity index (χ3v) is 3.39. The molecule has 0 saturated heterocycles. The summed E-state index contributed by atoms with van der Waals surface area (Å²) in [5, 5.41) is 2.08. The second-order valence-corrected chi connectivity index (χ2v) is 5.92. The Hall–Kier alpha value is -1.03. The molecule has 0 saturated carbocycles. The Morgan fingerprint density at radius 3 is 2.56 bits per heavy atom. The van der Waals surface area contributed by atoms with Crippen molar-refractivity contribution in [2.45, 2.75) is 39.3 Å². The molecule has 0 aromatic carbocycles. The van der Waals surface area contributed by atoms with Crippen LogP contribution in [0.4, 0.5) is 0 Å². The minimum atomic E-state index is -0.131. The summed E-state index contributed by atoms with van der Waals surface area (Å²) in [5.74, 6) is 0.591. The number of hydrogen-bond acceptors (Lipinski definition) is 2. The number of hydrogen-bond donors (Lipinski definition) is 1. The zero-order valence-corrected chi connectivity index (χ0v) is 11.5. The predicted molar refractivity (Wildman–Crippen MR) is 71.9 cm³/mol. The van der Waals surface area contributed by atoms with Gasteiger partial charge in [0.05, 0.1) is 11.6 Å². The van der Waals surface area contributed by atoms with Crippen LogP contribution in [0.25, 0.3) is 0 Å². The number of aliphatic imine (C=N–C) groups is 1. The Kier molecular flexibility index (Phi) is 3.97. The summed E-state index contributed by atoms with van der Waals surface area (Å²) in [7, 11) is 1.98. The van der Waals surface area contributed by atoms with E-state index in [2.05, 4.69) is 29.4 Å². The van der Waals surface area contributed by atoms with E-state index < -0.39 is 0 Å². The third kappa shape index (κ3) is 3.52. The van der Waals surface area contributed by atoms with Crippen LogP contribution in [0.5, 0.6) is 0 Å². The maximum atomic E-state index is 5.99. The Morgan fingerprint density at radius 2 is 2.12 bits per heavy atom. The molecule has 2 N–H and O–H groups in total. The van der Waals surface area contributed by atoms with Crippen LogP contribution < -0.4 is 5.73 Å². The van der Waals surface area contributed by atoms with Crippen molar-refractivity contribution in [1.82, 2.24) is 4.90 Å². The van der Waals surface area contributed by atoms with E-state index in [4.69, 9.17) is 5.73 Å². The third-order valence-electron chi connectivity index (χ3n) is 2.35. The van der Waals surface area contributed by atoms with Gasteiger partial charge in [0.2, 0.25) is 0 Å². The first-order valence-corrected chi connectivity index (χ1v) is 6.31. The molecule has 1 aromatic rings. The fourth-order valence-electron chi connectivity index (χ4n) is 1.34. The molecule has 1 rings (SSSR count). The molecule has 90 valence electrons. The molecular formula is C12H21N3S. The number of guanidine groups is 1. The van der Waals surface area contributed by atoms with Crippen LogP contribution in [-0.2, 0) is 0 Å². The molecule has 1 atom stereocenters. The summed E-state index contributed by atoms with van der Waals surface area (Å²) in [4.78, 5) is 7.78. The molecule has 1 aromatic heterocycles. The zero-order chi connectivity index (χ0) is 12.3. The lowest BCUT2D eigenvalue weighted by molar-refractivity contribution is 0.395. The average Bonchev–Trinajstić information content (AvgIpc) is 2.65. The van der Waals surface area contributed by atoms with Gasteiger partial charge in [0.1, 0.15) is 0 Å². The first-order chi connectivity index (χ1) is 7.31. The normalized spacial score (nSPS) is 14.9. The van der Waals surface area contributed by atoms with E-state index in [-0.39, 0.29) is 11.6 Å². The van der Waals surface area contributed by atoms with E-state index in [1.807, 2.05) is 32.7 Å². The van der Waals surface area contributed by atoms with E-state index in [1.165, 1.54) is 4.88 Å². The molecule has 0 radical (unpaired) electrons. The van der Waals surface area contributed by atoms with Crippen molar-refractivity contribution >= 4 is 17.3 Å². The summed E-state index contributed by atoms with van der Waals surface area (Å²) in [6, 6.07) is 4.45. The maximum Gasteiger partial charge on any atom is 0.192 e. The molecule has 0 spiro atoms. The van der Waals surface area contributed by atoms with Crippen LogP contribution in [0.2, 0.25) is 0 Å². The van der Waals surface area contributed by atoms with Gasteiger partial charge in [-0.05, 0) is 39.1 Å². The van der Waals surface area contributed by atoms with Crippen molar-refractivity contribution < 1.29 is 0 Å². The van der Waals surface area contributed by atoms with Gasteiger partial charge in [-0.3, -0.25) is 0 Å². The van der Waals surface area contributed by atoms with E-state index in [1.54, 1.807) is 11.3 Å². The van der Waals surface area contributed by atoms with E-state index in [0.717, 1.165) is 0 Å². The lowest BCUT2D eigenvalue weighted by Gasteiger charge is -2.27. The molecule has 1 heterocycles. The molecule has 1 unspecified atom stereocenters. The second kappa shape index (κ2) is 4.87. The van der Waals surface area contributed by atoms with Gasteiger partial charge in [-0.1, -0.05) is 6.07 Å². The topological polar surface area (TPSA) is 41.6 Å². The molecule has 0 bridgehead atoms. The summed E-state index contributed by atoms with van der Waals surface area (Å²) in [6.07, 6.45) is 0. The molecule has 0 fully saturated rings. The van der Waals surface area contributed by atoms with E-state index >= 15 is 0 Å². The molecule has 0 amide bonds. The number of nitrogens with two attached hydrogens (primary N) is 1. The Morgan fingerprint density at radius 1 is 1.50 bits per heavy atom. The quantitative estimate of drug-likeness (QED) is 0.637. The van der Waals surface area contributed by atoms with Gasteiger partial charge >= 0.3 is 0 Å².